The average molecular weight is 1200 g/mol. The molecule has 2 aromatic rings. The van der Waals surface area contributed by atoms with E-state index in [4.69, 9.17) is 19.5 Å². The van der Waals surface area contributed by atoms with Crippen LogP contribution in [0.3, 0.4) is 0 Å². The molecule has 4 saturated carbocycles. The summed E-state index contributed by atoms with van der Waals surface area (Å²) in [6, 6.07) is 0. The predicted octanol–water partition coefficient (Wildman–Crippen LogP) is 3.07. The second-order valence-electron chi connectivity index (χ2n) is 23.6. The first-order valence-corrected chi connectivity index (χ1v) is 32.4. The first-order valence-electron chi connectivity index (χ1n) is 26.9. The van der Waals surface area contributed by atoms with Crippen LogP contribution >= 0.6 is 35.2 Å². The van der Waals surface area contributed by atoms with Gasteiger partial charge in [0.15, 0.2) is 22.8 Å². The molecule has 0 bridgehead atoms. The van der Waals surface area contributed by atoms with Crippen molar-refractivity contribution in [1.29, 1.82) is 0 Å². The van der Waals surface area contributed by atoms with E-state index in [9.17, 15) is 73.2 Å². The number of carbonyl (C=O) groups is 3. The highest BCUT2D eigenvalue weighted by atomic mass is 32.2. The van der Waals surface area contributed by atoms with Crippen LogP contribution < -0.4 is 16.4 Å². The largest absolute Gasteiger partial charge is 0.481 e. The van der Waals surface area contributed by atoms with Gasteiger partial charge in [-0.2, -0.15) is 4.31 Å². The maximum absolute atomic E-state index is 13.1. The quantitative estimate of drug-likeness (QED) is 0.0502. The summed E-state index contributed by atoms with van der Waals surface area (Å²) in [4.78, 5) is 89.9. The van der Waals surface area contributed by atoms with E-state index in [0.717, 1.165) is 80.4 Å². The lowest BCUT2D eigenvalue weighted by Gasteiger charge is -2.63. The zero-order valence-electron chi connectivity index (χ0n) is 45.3. The van der Waals surface area contributed by atoms with Gasteiger partial charge in [0, 0.05) is 36.6 Å². The fourth-order valence-electron chi connectivity index (χ4n) is 13.6. The summed E-state index contributed by atoms with van der Waals surface area (Å²) in [5, 5.41) is 60.8. The third-order valence-corrected chi connectivity index (χ3v) is 22.2. The highest BCUT2D eigenvalue weighted by Gasteiger charge is 2.66. The molecule has 448 valence electrons. The molecule has 5 fully saturated rings. The first kappa shape index (κ1) is 64.0. The number of aliphatic hydroxyl groups excluding tert-OH is 5. The number of nitrogens with zero attached hydrogens (tertiary/aromatic N) is 4. The summed E-state index contributed by atoms with van der Waals surface area (Å²) in [6.07, 6.45) is 0.0812. The number of nitrogens with two attached hydrogens (primary N) is 1. The van der Waals surface area contributed by atoms with Crippen LogP contribution in [-0.4, -0.2) is 156 Å². The highest BCUT2D eigenvalue weighted by Crippen LogP contribution is 2.69. The van der Waals surface area contributed by atoms with E-state index in [-0.39, 0.29) is 88.1 Å². The number of ether oxygens (including phenoxy) is 1. The lowest BCUT2D eigenvalue weighted by atomic mass is 9.43. The Morgan fingerprint density at radius 1 is 0.937 bits per heavy atom. The second kappa shape index (κ2) is 25.3. The molecule has 0 aromatic carbocycles. The Bertz CT molecular complexity index is 2640. The molecule has 9 unspecified atom stereocenters. The molecule has 2 amide bonds. The van der Waals surface area contributed by atoms with Crippen molar-refractivity contribution in [1.82, 2.24) is 30.2 Å². The topological polar surface area (TPSA) is 424 Å². The fraction of sp³-hybridized carbons (Fsp3) is 0.833. The SMILES string of the molecule is CC(CCC[C@@H](C)C1CCC2C3C(C[C@H](O)[C@@]21C)[C@@]1(C)CC[C@@H](O)CC1C[C@H]3O)C(=O)SCCNC(=O)CCNC(=O)C(O)C(C)(C)COP(=O)(O)OP(=O)(O)OC[C@H]1O[C@@H](n2cnc3c(N)ncnc32)[C@H](O)[C@@H]1OP(=O)(O)O. The molecule has 1 saturated heterocycles. The van der Waals surface area contributed by atoms with E-state index >= 15 is 0 Å². The van der Waals surface area contributed by atoms with Gasteiger partial charge >= 0.3 is 23.5 Å². The van der Waals surface area contributed by atoms with Gasteiger partial charge in [0.2, 0.25) is 11.8 Å². The molecule has 3 heterocycles. The van der Waals surface area contributed by atoms with Crippen LogP contribution in [0.25, 0.3) is 11.2 Å². The van der Waals surface area contributed by atoms with E-state index in [2.05, 4.69) is 55.2 Å². The van der Waals surface area contributed by atoms with E-state index in [1.54, 1.807) is 0 Å². The van der Waals surface area contributed by atoms with E-state index in [0.29, 0.717) is 30.4 Å². The number of aliphatic hydroxyl groups is 5. The number of nitrogens with one attached hydrogen (secondary N) is 2. The van der Waals surface area contributed by atoms with Crippen LogP contribution in [0.2, 0.25) is 0 Å². The number of fused-ring (bicyclic) bond motifs is 6. The summed E-state index contributed by atoms with van der Waals surface area (Å²) in [5.74, 6) is 0.168. The van der Waals surface area contributed by atoms with Gasteiger partial charge in [-0.05, 0) is 97.7 Å². The lowest BCUT2D eigenvalue weighted by Crippen LogP contribution is -2.62. The van der Waals surface area contributed by atoms with Crippen molar-refractivity contribution in [3.63, 3.8) is 0 Å². The van der Waals surface area contributed by atoms with Crippen molar-refractivity contribution >= 4 is 69.1 Å². The van der Waals surface area contributed by atoms with Crippen molar-refractivity contribution in [3.8, 4) is 0 Å². The standard InChI is InChI=1S/C48H80N7O20P3S/c1-25(29-10-11-30-36-31(20-34(58)48(29,30)6)47(5)14-12-28(56)18-27(47)19-32(36)57)8-7-9-26(2)45(63)79-17-16-50-35(59)13-15-51-43(62)40(61)46(3,4)22-72-78(69,70)75-77(67,68)71-21-33-39(74-76(64,65)66)38(60)44(73-33)55-24-54-37-41(49)52-23-53-42(37)55/h23-34,36,38-40,44,56-58,60-61H,7-22H2,1-6H3,(H,50,59)(H,51,62)(H,67,68)(H,69,70)(H2,49,52,53)(H2,64,65,66)/t25-,26?,27?,28-,29?,30?,31?,32-,33-,34+,36?,38-,39-,40?,44-,47+,48-/m1/s1. The van der Waals surface area contributed by atoms with Crippen molar-refractivity contribution < 1.29 is 95.8 Å². The molecule has 19 atom stereocenters. The zero-order valence-corrected chi connectivity index (χ0v) is 48.8. The maximum atomic E-state index is 13.1. The highest BCUT2D eigenvalue weighted by molar-refractivity contribution is 8.13. The number of aromatic nitrogens is 4. The number of carbonyl (C=O) groups excluding carboxylic acids is 3. The van der Waals surface area contributed by atoms with Crippen LogP contribution in [-0.2, 0) is 50.7 Å². The second-order valence-corrected chi connectivity index (χ2v) is 28.9. The van der Waals surface area contributed by atoms with Crippen LogP contribution in [0.5, 0.6) is 0 Å². The summed E-state index contributed by atoms with van der Waals surface area (Å²) in [5.41, 5.74) is 3.98. The van der Waals surface area contributed by atoms with Gasteiger partial charge in [-0.25, -0.2) is 28.6 Å². The molecule has 5 aliphatic rings. The molecule has 13 N–H and O–H groups in total. The van der Waals surface area contributed by atoms with Crippen LogP contribution in [0.4, 0.5) is 5.82 Å². The van der Waals surface area contributed by atoms with Crippen LogP contribution in [0, 0.1) is 57.7 Å². The number of rotatable bonds is 25. The van der Waals surface area contributed by atoms with Crippen LogP contribution in [0.1, 0.15) is 118 Å². The number of anilines is 1. The minimum atomic E-state index is -5.60. The molecule has 79 heavy (non-hydrogen) atoms. The number of thioether (sulfide) groups is 1. The lowest BCUT2D eigenvalue weighted by molar-refractivity contribution is -0.207. The minimum absolute atomic E-state index is 0.00814. The van der Waals surface area contributed by atoms with Gasteiger partial charge in [-0.1, -0.05) is 66.1 Å². The van der Waals surface area contributed by atoms with Gasteiger partial charge in [0.05, 0.1) is 37.9 Å². The number of nitrogen functional groups attached to an aromatic ring is 1. The average Bonchev–Trinajstić information content (AvgIpc) is 3.88. The van der Waals surface area contributed by atoms with Crippen molar-refractivity contribution in [3.05, 3.63) is 12.7 Å². The Kier molecular flexibility index (Phi) is 20.5. The van der Waals surface area contributed by atoms with Crippen molar-refractivity contribution in [2.45, 2.75) is 161 Å². The Hall–Kier alpha value is -2.56. The molecule has 31 heteroatoms. The minimum Gasteiger partial charge on any atom is -0.393 e. The molecule has 4 aliphatic carbocycles. The molecule has 0 spiro atoms. The first-order chi connectivity index (χ1) is 36.8. The van der Waals surface area contributed by atoms with Gasteiger partial charge in [-0.15, -0.1) is 0 Å². The third kappa shape index (κ3) is 14.7. The molecule has 1 aliphatic heterocycles. The Morgan fingerprint density at radius 3 is 2.35 bits per heavy atom. The number of imidazole rings is 1. The molecule has 27 nitrogen and oxygen atoms in total. The van der Waals surface area contributed by atoms with Crippen molar-refractivity contribution in [2.24, 2.45) is 57.7 Å². The molecule has 0 radical (unpaired) electrons. The van der Waals surface area contributed by atoms with E-state index < -0.39 is 96.8 Å². The normalized spacial score (nSPS) is 34.6. The molecular weight excluding hydrogens is 1120 g/mol. The summed E-state index contributed by atoms with van der Waals surface area (Å²) in [7, 11) is -16.5. The van der Waals surface area contributed by atoms with Crippen LogP contribution in [0.15, 0.2) is 12.7 Å². The number of hydrogen-bond donors (Lipinski definition) is 12. The zero-order chi connectivity index (χ0) is 58.2. The predicted molar refractivity (Wildman–Crippen MR) is 283 cm³/mol. The maximum Gasteiger partial charge on any atom is 0.481 e. The number of phosphoric acid groups is 3. The Morgan fingerprint density at radius 2 is 1.65 bits per heavy atom. The van der Waals surface area contributed by atoms with Gasteiger partial charge in [0.1, 0.15) is 36.3 Å². The fourth-order valence-corrected chi connectivity index (χ4v) is 17.3. The monoisotopic (exact) mass is 1200 g/mol. The number of hydrogen-bond acceptors (Lipinski definition) is 21. The summed E-state index contributed by atoms with van der Waals surface area (Å²) in [6.45, 7) is 9.17. The molecule has 7 rings (SSSR count). The molecular formula is C48H80N7O20P3S. The summed E-state index contributed by atoms with van der Waals surface area (Å²) < 4.78 is 62.8. The van der Waals surface area contributed by atoms with Crippen molar-refractivity contribution in [2.75, 3.05) is 37.8 Å². The third-order valence-electron chi connectivity index (χ3n) is 18.0. The van der Waals surface area contributed by atoms with Gasteiger partial charge < -0.3 is 66.2 Å². The smallest absolute Gasteiger partial charge is 0.393 e. The van der Waals surface area contributed by atoms with Gasteiger partial charge in [-0.3, -0.25) is 32.5 Å². The number of phosphoric ester groups is 3. The van der Waals surface area contributed by atoms with Gasteiger partial charge in [0.25, 0.3) is 0 Å². The Labute approximate surface area is 462 Å². The Balaban J connectivity index is 0.770. The number of amides is 2. The molecule has 2 aromatic heterocycles. The summed E-state index contributed by atoms with van der Waals surface area (Å²) >= 11 is 1.12. The van der Waals surface area contributed by atoms with E-state index in [1.165, 1.54) is 13.8 Å². The van der Waals surface area contributed by atoms with E-state index in [1.807, 2.05) is 6.92 Å².